The number of carbonyl (C=O) groups excluding carboxylic acids is 1. The molecule has 0 aliphatic heterocycles. The Morgan fingerprint density at radius 2 is 1.86 bits per heavy atom. The Labute approximate surface area is 166 Å². The van der Waals surface area contributed by atoms with Crippen molar-refractivity contribution in [1.29, 1.82) is 0 Å². The predicted octanol–water partition coefficient (Wildman–Crippen LogP) is 4.35. The van der Waals surface area contributed by atoms with E-state index in [0.29, 0.717) is 28.1 Å². The molecule has 0 atom stereocenters. The van der Waals surface area contributed by atoms with Crippen LogP contribution in [-0.2, 0) is 4.74 Å². The zero-order valence-electron chi connectivity index (χ0n) is 15.9. The lowest BCUT2D eigenvalue weighted by Crippen LogP contribution is -2.07. The zero-order valence-corrected chi connectivity index (χ0v) is 15.9. The smallest absolute Gasteiger partial charge is 0.340 e. The van der Waals surface area contributed by atoms with Gasteiger partial charge >= 0.3 is 5.97 Å². The molecule has 0 amide bonds. The third kappa shape index (κ3) is 3.73. The third-order valence-electron chi connectivity index (χ3n) is 4.49. The summed E-state index contributed by atoms with van der Waals surface area (Å²) in [6, 6.07) is 15.1. The highest BCUT2D eigenvalue weighted by molar-refractivity contribution is 6.05. The number of carbonyl (C=O) groups is 1. The molecule has 29 heavy (non-hydrogen) atoms. The predicted molar refractivity (Wildman–Crippen MR) is 108 cm³/mol. The van der Waals surface area contributed by atoms with E-state index in [0.717, 1.165) is 5.69 Å². The lowest BCUT2D eigenvalue weighted by molar-refractivity contribution is -0.384. The standard InChI is InChI=1S/C21H19N3O5/c1-3-29-21(25)19-14(2)23(16-7-5-4-6-8-16)18(13-22-26)20(19)15-9-11-17(12-10-15)24(27)28/h4-13,26H,3H2,1-2H3/b22-13-. The number of benzene rings is 2. The Kier molecular flexibility index (Phi) is 5.73. The molecule has 8 nitrogen and oxygen atoms in total. The number of nitro groups is 1. The number of nitro benzene ring substituents is 1. The molecule has 0 aliphatic rings. The molecule has 0 aliphatic carbocycles. The van der Waals surface area contributed by atoms with Crippen molar-refractivity contribution >= 4 is 17.9 Å². The van der Waals surface area contributed by atoms with Crippen molar-refractivity contribution in [3.8, 4) is 16.8 Å². The van der Waals surface area contributed by atoms with Gasteiger partial charge in [0, 0.05) is 29.1 Å². The normalized spacial score (nSPS) is 11.0. The van der Waals surface area contributed by atoms with Crippen molar-refractivity contribution in [2.24, 2.45) is 5.16 Å². The fourth-order valence-electron chi connectivity index (χ4n) is 3.30. The summed E-state index contributed by atoms with van der Waals surface area (Å²) in [5.74, 6) is -0.527. The van der Waals surface area contributed by atoms with E-state index in [1.54, 1.807) is 30.5 Å². The van der Waals surface area contributed by atoms with Gasteiger partial charge in [0.25, 0.3) is 5.69 Å². The summed E-state index contributed by atoms with van der Waals surface area (Å²) >= 11 is 0. The van der Waals surface area contributed by atoms with Gasteiger partial charge in [-0.3, -0.25) is 10.1 Å². The molecule has 0 radical (unpaired) electrons. The molecule has 1 aromatic heterocycles. The maximum absolute atomic E-state index is 12.8. The Morgan fingerprint density at radius 1 is 1.21 bits per heavy atom. The van der Waals surface area contributed by atoms with Gasteiger partial charge in [0.1, 0.15) is 0 Å². The Morgan fingerprint density at radius 3 is 2.41 bits per heavy atom. The highest BCUT2D eigenvalue weighted by atomic mass is 16.6. The summed E-state index contributed by atoms with van der Waals surface area (Å²) in [5, 5.41) is 23.4. The number of hydrogen-bond acceptors (Lipinski definition) is 6. The quantitative estimate of drug-likeness (QED) is 0.220. The monoisotopic (exact) mass is 393 g/mol. The highest BCUT2D eigenvalue weighted by Gasteiger charge is 2.27. The van der Waals surface area contributed by atoms with Crippen LogP contribution in [0.1, 0.15) is 28.7 Å². The summed E-state index contributed by atoms with van der Waals surface area (Å²) in [4.78, 5) is 23.3. The first-order chi connectivity index (χ1) is 14.0. The molecule has 8 heteroatoms. The van der Waals surface area contributed by atoms with E-state index in [-0.39, 0.29) is 12.3 Å². The topological polar surface area (TPSA) is 107 Å². The van der Waals surface area contributed by atoms with Crippen molar-refractivity contribution < 1.29 is 19.7 Å². The second-order valence-electron chi connectivity index (χ2n) is 6.16. The zero-order chi connectivity index (χ0) is 21.0. The summed E-state index contributed by atoms with van der Waals surface area (Å²) in [6.07, 6.45) is 1.24. The number of rotatable bonds is 6. The molecule has 1 heterocycles. The van der Waals surface area contributed by atoms with E-state index in [1.165, 1.54) is 18.3 Å². The first-order valence-corrected chi connectivity index (χ1v) is 8.89. The van der Waals surface area contributed by atoms with Crippen LogP contribution in [0.2, 0.25) is 0 Å². The molecule has 0 saturated heterocycles. The average Bonchev–Trinajstić information content (AvgIpc) is 3.01. The SMILES string of the molecule is CCOC(=O)c1c(-c2ccc([N+](=O)[O-])cc2)c(/C=N\O)n(-c2ccccc2)c1C. The number of aromatic nitrogens is 1. The maximum atomic E-state index is 12.8. The van der Waals surface area contributed by atoms with Crippen LogP contribution in [-0.4, -0.2) is 33.5 Å². The van der Waals surface area contributed by atoms with Gasteiger partial charge in [0.15, 0.2) is 0 Å². The molecule has 0 spiro atoms. The first-order valence-electron chi connectivity index (χ1n) is 8.89. The molecule has 0 fully saturated rings. The van der Waals surface area contributed by atoms with Gasteiger partial charge in [-0.1, -0.05) is 23.4 Å². The van der Waals surface area contributed by atoms with E-state index < -0.39 is 10.9 Å². The maximum Gasteiger partial charge on any atom is 0.340 e. The largest absolute Gasteiger partial charge is 0.462 e. The minimum atomic E-state index is -0.527. The minimum Gasteiger partial charge on any atom is -0.462 e. The summed E-state index contributed by atoms with van der Waals surface area (Å²) < 4.78 is 7.03. The van der Waals surface area contributed by atoms with Crippen LogP contribution < -0.4 is 0 Å². The summed E-state index contributed by atoms with van der Waals surface area (Å²) in [5.41, 5.74) is 3.08. The Hall–Kier alpha value is -3.94. The molecule has 3 aromatic rings. The molecular formula is C21H19N3O5. The van der Waals surface area contributed by atoms with Gasteiger partial charge in [-0.25, -0.2) is 4.79 Å². The van der Waals surface area contributed by atoms with Crippen LogP contribution >= 0.6 is 0 Å². The number of esters is 1. The average molecular weight is 393 g/mol. The second kappa shape index (κ2) is 8.39. The van der Waals surface area contributed by atoms with Crippen LogP contribution in [0.3, 0.4) is 0 Å². The van der Waals surface area contributed by atoms with Gasteiger partial charge in [-0.05, 0) is 43.7 Å². The van der Waals surface area contributed by atoms with Gasteiger partial charge in [-0.2, -0.15) is 0 Å². The fourth-order valence-corrected chi connectivity index (χ4v) is 3.30. The van der Waals surface area contributed by atoms with Crippen molar-refractivity contribution in [2.45, 2.75) is 13.8 Å². The van der Waals surface area contributed by atoms with Crippen molar-refractivity contribution in [3.63, 3.8) is 0 Å². The van der Waals surface area contributed by atoms with Crippen LogP contribution in [0.25, 0.3) is 16.8 Å². The van der Waals surface area contributed by atoms with Crippen LogP contribution in [0.5, 0.6) is 0 Å². The summed E-state index contributed by atoms with van der Waals surface area (Å²) in [7, 11) is 0. The molecule has 1 N–H and O–H groups in total. The molecule has 2 aromatic carbocycles. The van der Waals surface area contributed by atoms with Crippen LogP contribution in [0.15, 0.2) is 59.8 Å². The fraction of sp³-hybridized carbons (Fsp3) is 0.143. The van der Waals surface area contributed by atoms with Gasteiger partial charge in [-0.15, -0.1) is 0 Å². The van der Waals surface area contributed by atoms with E-state index >= 15 is 0 Å². The van der Waals surface area contributed by atoms with Gasteiger partial charge in [0.2, 0.25) is 0 Å². The lowest BCUT2D eigenvalue weighted by Gasteiger charge is -2.09. The van der Waals surface area contributed by atoms with Crippen molar-refractivity contribution in [2.75, 3.05) is 6.61 Å². The van der Waals surface area contributed by atoms with E-state index in [2.05, 4.69) is 5.16 Å². The highest BCUT2D eigenvalue weighted by Crippen LogP contribution is 2.35. The number of hydrogen-bond donors (Lipinski definition) is 1. The molecule has 3 rings (SSSR count). The third-order valence-corrected chi connectivity index (χ3v) is 4.49. The van der Waals surface area contributed by atoms with E-state index in [9.17, 15) is 20.1 Å². The van der Waals surface area contributed by atoms with E-state index in [1.807, 2.05) is 30.3 Å². The molecule has 148 valence electrons. The molecular weight excluding hydrogens is 374 g/mol. The lowest BCUT2D eigenvalue weighted by atomic mass is 10.00. The number of non-ortho nitro benzene ring substituents is 1. The van der Waals surface area contributed by atoms with Gasteiger partial charge < -0.3 is 14.5 Å². The van der Waals surface area contributed by atoms with Gasteiger partial charge in [0.05, 0.1) is 29.0 Å². The second-order valence-corrected chi connectivity index (χ2v) is 6.16. The molecule has 0 bridgehead atoms. The van der Waals surface area contributed by atoms with Crippen molar-refractivity contribution in [1.82, 2.24) is 4.57 Å². The summed E-state index contributed by atoms with van der Waals surface area (Å²) in [6.45, 7) is 3.67. The molecule has 0 saturated carbocycles. The van der Waals surface area contributed by atoms with Crippen molar-refractivity contribution in [3.05, 3.63) is 81.7 Å². The van der Waals surface area contributed by atoms with Crippen LogP contribution in [0, 0.1) is 17.0 Å². The first kappa shape index (κ1) is 19.8. The number of oxime groups is 1. The Bertz CT molecular complexity index is 1070. The van der Waals surface area contributed by atoms with Crippen LogP contribution in [0.4, 0.5) is 5.69 Å². The number of nitrogens with zero attached hydrogens (tertiary/aromatic N) is 3. The number of para-hydroxylation sites is 1. The number of ether oxygens (including phenoxy) is 1. The molecule has 0 unspecified atom stereocenters. The minimum absolute atomic E-state index is 0.0666. The Balaban J connectivity index is 2.35. The van der Waals surface area contributed by atoms with E-state index in [4.69, 9.17) is 4.74 Å².